The van der Waals surface area contributed by atoms with Crippen molar-refractivity contribution in [3.05, 3.63) is 106 Å². The molecule has 2 aromatic carbocycles. The van der Waals surface area contributed by atoms with Crippen LogP contribution >= 0.6 is 0 Å². The van der Waals surface area contributed by atoms with Crippen molar-refractivity contribution in [1.82, 2.24) is 19.9 Å². The summed E-state index contributed by atoms with van der Waals surface area (Å²) in [5, 5.41) is 0. The van der Waals surface area contributed by atoms with Crippen LogP contribution in [0.1, 0.15) is 351 Å². The van der Waals surface area contributed by atoms with Crippen LogP contribution in [0.5, 0.6) is 11.5 Å². The zero-order valence-corrected chi connectivity index (χ0v) is 73.3. The average Bonchev–Trinajstić information content (AvgIpc) is 1.68. The Hall–Kier alpha value is -4.85. The number of benzene rings is 2. The predicted molar refractivity (Wildman–Crippen MR) is 457 cm³/mol. The predicted octanol–water partition coefficient (Wildman–Crippen LogP) is 28.2. The van der Waals surface area contributed by atoms with Crippen molar-refractivity contribution in [2.45, 2.75) is 340 Å². The number of fused-ring (bicyclic) bond motifs is 18. The Kier molecular flexibility index (Phi) is 22.3. The molecule has 8 aliphatic carbocycles. The van der Waals surface area contributed by atoms with Crippen molar-refractivity contribution in [3.8, 4) is 33.8 Å². The van der Waals surface area contributed by atoms with Gasteiger partial charge in [-0.05, 0) is 311 Å². The normalized spacial score (nSPS) is 32.1. The van der Waals surface area contributed by atoms with Crippen LogP contribution in [-0.2, 0) is 38.4 Å². The van der Waals surface area contributed by atoms with E-state index >= 15 is 0 Å². The molecule has 15 rings (SSSR count). The molecule has 109 heavy (non-hydrogen) atoms. The summed E-state index contributed by atoms with van der Waals surface area (Å²) in [5.74, 6) is 12.9. The second kappa shape index (κ2) is 30.1. The van der Waals surface area contributed by atoms with Gasteiger partial charge in [0.15, 0.2) is 0 Å². The van der Waals surface area contributed by atoms with Crippen LogP contribution < -0.4 is 19.4 Å². The molecular weight excluding hydrogens is 1370 g/mol. The third kappa shape index (κ3) is 15.2. The molecule has 0 unspecified atom stereocenters. The van der Waals surface area contributed by atoms with Gasteiger partial charge >= 0.3 is 16.8 Å². The zero-order chi connectivity index (χ0) is 76.7. The first-order chi connectivity index (χ1) is 50.9. The molecule has 18 atom stereocenters. The molecule has 10 aliphatic rings. The minimum Gasteiger partial charge on any atom is -0.654 e. The largest absolute Gasteiger partial charge is 2.00 e. The number of rotatable bonds is 16. The Labute approximate surface area is 672 Å². The Morgan fingerprint density at radius 2 is 0.716 bits per heavy atom. The van der Waals surface area contributed by atoms with Gasteiger partial charge in [0.05, 0.1) is 23.6 Å². The van der Waals surface area contributed by atoms with Crippen LogP contribution in [0, 0.1) is 105 Å². The van der Waals surface area contributed by atoms with E-state index in [1.807, 2.05) is 0 Å². The maximum Gasteiger partial charge on any atom is 2.00 e. The maximum atomic E-state index is 7.85. The number of ether oxygens (including phenoxy) is 2. The van der Waals surface area contributed by atoms with Gasteiger partial charge in [-0.1, -0.05) is 263 Å². The van der Waals surface area contributed by atoms with Crippen molar-refractivity contribution < 1.29 is 26.3 Å². The molecule has 2 aliphatic heterocycles. The van der Waals surface area contributed by atoms with Crippen LogP contribution in [0.15, 0.2) is 60.7 Å². The molecular formula is C102H144CoN4O2. The molecule has 8 fully saturated rings. The van der Waals surface area contributed by atoms with Crippen molar-refractivity contribution in [2.75, 3.05) is 0 Å². The number of nitrogens with zero attached hydrogens (tertiary/aromatic N) is 4. The van der Waals surface area contributed by atoms with Crippen molar-refractivity contribution >= 4 is 46.4 Å². The van der Waals surface area contributed by atoms with Gasteiger partial charge in [-0.2, -0.15) is 0 Å². The molecule has 0 N–H and O–H groups in total. The molecule has 7 heteroatoms. The fourth-order valence-corrected chi connectivity index (χ4v) is 26.2. The summed E-state index contributed by atoms with van der Waals surface area (Å²) < 4.78 is 15.7. The molecule has 3 aromatic heterocycles. The summed E-state index contributed by atoms with van der Waals surface area (Å²) in [6.45, 7) is 54.1. The summed E-state index contributed by atoms with van der Waals surface area (Å²) in [6, 6.07) is 23.6. The molecule has 0 amide bonds. The van der Waals surface area contributed by atoms with Crippen LogP contribution in [0.3, 0.4) is 0 Å². The molecule has 0 saturated heterocycles. The van der Waals surface area contributed by atoms with Crippen LogP contribution in [0.2, 0.25) is 0 Å². The third-order valence-corrected chi connectivity index (χ3v) is 32.6. The van der Waals surface area contributed by atoms with Gasteiger partial charge in [-0.15, -0.1) is 11.0 Å². The second-order valence-corrected chi connectivity index (χ2v) is 44.3. The number of hydrogen-bond donors (Lipinski definition) is 0. The quantitative estimate of drug-likeness (QED) is 0.0960. The average molecular weight is 1520 g/mol. The molecule has 8 bridgehead atoms. The summed E-state index contributed by atoms with van der Waals surface area (Å²) in [5.41, 5.74) is 17.6. The van der Waals surface area contributed by atoms with Crippen LogP contribution in [-0.4, -0.2) is 22.2 Å². The minimum atomic E-state index is -0.107. The van der Waals surface area contributed by atoms with Gasteiger partial charge in [0.25, 0.3) is 0 Å². The molecule has 5 heterocycles. The van der Waals surface area contributed by atoms with E-state index in [1.165, 1.54) is 151 Å². The van der Waals surface area contributed by atoms with Crippen LogP contribution in [0.25, 0.3) is 68.6 Å². The van der Waals surface area contributed by atoms with E-state index in [2.05, 4.69) is 237 Å². The van der Waals surface area contributed by atoms with E-state index in [4.69, 9.17) is 29.4 Å². The smallest absolute Gasteiger partial charge is 0.654 e. The van der Waals surface area contributed by atoms with Crippen molar-refractivity contribution in [3.63, 3.8) is 0 Å². The minimum absolute atomic E-state index is 0. The van der Waals surface area contributed by atoms with Crippen LogP contribution in [0.4, 0.5) is 0 Å². The summed E-state index contributed by atoms with van der Waals surface area (Å²) in [6.07, 6.45) is 40.9. The van der Waals surface area contributed by atoms with E-state index in [1.54, 1.807) is 0 Å². The summed E-state index contributed by atoms with van der Waals surface area (Å²) in [4.78, 5) is 23.6. The molecule has 6 nitrogen and oxygen atoms in total. The number of aromatic nitrogens is 4. The Balaban J connectivity index is 0.00000992. The van der Waals surface area contributed by atoms with Gasteiger partial charge in [-0.3, -0.25) is 0 Å². The van der Waals surface area contributed by atoms with Gasteiger partial charge in [0.1, 0.15) is 22.9 Å². The van der Waals surface area contributed by atoms with E-state index in [-0.39, 0.29) is 50.6 Å². The van der Waals surface area contributed by atoms with Crippen molar-refractivity contribution in [1.29, 1.82) is 0 Å². The third-order valence-electron chi connectivity index (χ3n) is 32.6. The molecule has 5 aromatic rings. The fourth-order valence-electron chi connectivity index (χ4n) is 26.2. The van der Waals surface area contributed by atoms with E-state index in [9.17, 15) is 0 Å². The first-order valence-electron chi connectivity index (χ1n) is 44.6. The monoisotopic (exact) mass is 1520 g/mol. The van der Waals surface area contributed by atoms with E-state index < -0.39 is 0 Å². The molecule has 0 spiro atoms. The Bertz CT molecular complexity index is 4030. The molecule has 593 valence electrons. The fraction of sp³-hybridized carbons (Fsp3) is 0.686. The Morgan fingerprint density at radius 1 is 0.385 bits per heavy atom. The van der Waals surface area contributed by atoms with E-state index in [0.29, 0.717) is 33.5 Å². The SMILES string of the molecule is CC(C)CCC[C@@H](C)[C@H]1CC[C@H]2[C@@H]3CC[C@H]4C[C@@H](Oc5c6nc(c(-c7cc(C(C)(C)C)cc(C(C)(C)C)c7)c7ccc([n-]7)c(O[C@H]7CC[C@@]8(C)[C@@H](CC[C@@H]9[C@@H]8CC[C@]8(C)[C@@H]([C@H](C)CCCC(C)C)CC[C@@H]98)C7)c7nc(c(-c8cc(C(C)(C)C)cc(C(C)(C)C)c8)c8ccc5[n-]8)C=C7)C=C6)CC[C@]4(C)[C@H]3CC[C@]12C.[Co+2]. The summed E-state index contributed by atoms with van der Waals surface area (Å²) in [7, 11) is 0. The van der Waals surface area contributed by atoms with Crippen molar-refractivity contribution in [2.24, 2.45) is 105 Å². The van der Waals surface area contributed by atoms with Gasteiger partial charge in [0, 0.05) is 0 Å². The molecule has 8 saturated carbocycles. The Morgan fingerprint density at radius 3 is 1.06 bits per heavy atom. The second-order valence-electron chi connectivity index (χ2n) is 44.3. The first-order valence-corrected chi connectivity index (χ1v) is 44.6. The van der Waals surface area contributed by atoms with Gasteiger partial charge in [-0.25, -0.2) is 9.97 Å². The maximum absolute atomic E-state index is 7.85. The number of hydrogen-bond acceptors (Lipinski definition) is 4. The molecule has 1 radical (unpaired) electrons. The zero-order valence-electron chi connectivity index (χ0n) is 72.2. The summed E-state index contributed by atoms with van der Waals surface area (Å²) >= 11 is 0. The van der Waals surface area contributed by atoms with E-state index in [0.717, 1.165) is 175 Å². The van der Waals surface area contributed by atoms with Gasteiger partial charge < -0.3 is 19.4 Å². The topological polar surface area (TPSA) is 72.4 Å². The first kappa shape index (κ1) is 80.7. The standard InChI is InChI=1S/C102H144N4O2.Co/c1-61(2)25-23-27-63(5)77-33-35-79-75-31-29-67-59-73(45-49-99(67,19)81(75)47-51-101(77,79)21)107-93-87-41-37-83(103-87)91(65-53-69(95(7,8)9)57-70(54-65)96(10,11)12)85-39-43-89(105-85)94(90-44-40-86(106-90)92(84-38-42-88(93)104-84)66-55-71(97(13,14)15)58-72(56-66)98(16,17)18)108-74-46-50-100(20)68(60-74)30-32-76-80-36-34-78(64(6)28-24-26-62(3)4)102(80,22)52-48-82(76)100;/h37-44,53-58,61-64,67-68,73-82H,23-36,45-52,59-60H2,1-22H3;/q-2;+2/t63-,64-,67+,68+,73+,74+,75+,76+,77-,78-,79+,80+,81+,82+,99+,100+,101-,102-;/m1./s1. The van der Waals surface area contributed by atoms with Gasteiger partial charge in [0.2, 0.25) is 0 Å².